The molecular formula is C20H21N3O8. The van der Waals surface area contributed by atoms with E-state index in [1.54, 1.807) is 24.3 Å². The van der Waals surface area contributed by atoms with Gasteiger partial charge in [0.2, 0.25) is 5.91 Å². The summed E-state index contributed by atoms with van der Waals surface area (Å²) in [6.45, 7) is -1.35. The molecule has 2 aromatic rings. The van der Waals surface area contributed by atoms with E-state index < -0.39 is 42.1 Å². The summed E-state index contributed by atoms with van der Waals surface area (Å²) in [4.78, 5) is 45.7. The summed E-state index contributed by atoms with van der Waals surface area (Å²) in [5.74, 6) is -1.57. The monoisotopic (exact) mass is 431 g/mol. The number of carbonyl (C=O) groups excluding carboxylic acids is 3. The highest BCUT2D eigenvalue weighted by Crippen LogP contribution is 2.12. The second-order valence-electron chi connectivity index (χ2n) is 6.24. The summed E-state index contributed by atoms with van der Waals surface area (Å²) in [5, 5.41) is 24.4. The van der Waals surface area contributed by atoms with Crippen molar-refractivity contribution < 1.29 is 33.9 Å². The Morgan fingerprint density at radius 2 is 1.58 bits per heavy atom. The maximum absolute atomic E-state index is 12.1. The van der Waals surface area contributed by atoms with Gasteiger partial charge in [-0.3, -0.25) is 19.7 Å². The molecular weight excluding hydrogens is 410 g/mol. The minimum atomic E-state index is -1.31. The number of nitrogens with one attached hydrogen (secondary N) is 2. The van der Waals surface area contributed by atoms with Gasteiger partial charge in [-0.2, -0.15) is 0 Å². The number of alkyl carbamates (subject to hydrolysis) is 1. The molecule has 2 amide bonds. The van der Waals surface area contributed by atoms with Crippen molar-refractivity contribution in [2.45, 2.75) is 19.3 Å². The Hall–Kier alpha value is -3.99. The van der Waals surface area contributed by atoms with Gasteiger partial charge in [0, 0.05) is 12.1 Å². The number of ether oxygens (including phenoxy) is 2. The van der Waals surface area contributed by atoms with Gasteiger partial charge in [-0.1, -0.05) is 30.3 Å². The molecule has 2 aromatic carbocycles. The Balaban J connectivity index is 1.71. The van der Waals surface area contributed by atoms with E-state index in [1.165, 1.54) is 24.3 Å². The molecule has 11 nitrogen and oxygen atoms in total. The number of aliphatic hydroxyl groups excluding tert-OH is 1. The maximum Gasteiger partial charge on any atom is 0.408 e. The molecule has 164 valence electrons. The lowest BCUT2D eigenvalue weighted by molar-refractivity contribution is -0.384. The standard InChI is InChI=1S/C20H21N3O8/c24-11-17(22-20(27)31-13-14-4-2-1-3-5-14)19(26)21-10-18(25)30-12-15-6-8-16(9-7-15)23(28)29/h1-9,17,24H,10-13H2,(H,21,26)(H,22,27)/t17-/m0/s1. The van der Waals surface area contributed by atoms with Crippen molar-refractivity contribution in [3.05, 3.63) is 75.8 Å². The predicted octanol–water partition coefficient (Wildman–Crippen LogP) is 1.04. The van der Waals surface area contributed by atoms with Gasteiger partial charge in [0.1, 0.15) is 25.8 Å². The SMILES string of the molecule is O=C(CNC(=O)[C@H](CO)NC(=O)OCc1ccccc1)OCc1ccc([N+](=O)[O-])cc1. The third kappa shape index (κ3) is 8.11. The van der Waals surface area contributed by atoms with Crippen LogP contribution >= 0.6 is 0 Å². The van der Waals surface area contributed by atoms with Crippen molar-refractivity contribution in [3.8, 4) is 0 Å². The van der Waals surface area contributed by atoms with E-state index >= 15 is 0 Å². The van der Waals surface area contributed by atoms with Gasteiger partial charge < -0.3 is 25.2 Å². The Labute approximate surface area is 177 Å². The second kappa shape index (κ2) is 11.9. The summed E-state index contributed by atoms with van der Waals surface area (Å²) in [6.07, 6.45) is -0.904. The highest BCUT2D eigenvalue weighted by atomic mass is 16.6. The number of hydrogen-bond acceptors (Lipinski definition) is 8. The Morgan fingerprint density at radius 3 is 2.19 bits per heavy atom. The number of esters is 1. The second-order valence-corrected chi connectivity index (χ2v) is 6.24. The molecule has 0 bridgehead atoms. The number of nitro groups is 1. The number of nitrogens with zero attached hydrogens (tertiary/aromatic N) is 1. The zero-order valence-electron chi connectivity index (χ0n) is 16.4. The molecule has 0 fully saturated rings. The molecule has 31 heavy (non-hydrogen) atoms. The minimum absolute atomic E-state index is 0.0125. The van der Waals surface area contributed by atoms with Crippen LogP contribution in [0.4, 0.5) is 10.5 Å². The van der Waals surface area contributed by atoms with Gasteiger partial charge in [0.05, 0.1) is 11.5 Å². The number of aliphatic hydroxyl groups is 1. The van der Waals surface area contributed by atoms with Crippen molar-refractivity contribution >= 4 is 23.7 Å². The van der Waals surface area contributed by atoms with Crippen LogP contribution in [-0.4, -0.2) is 47.2 Å². The van der Waals surface area contributed by atoms with E-state index in [9.17, 15) is 29.6 Å². The van der Waals surface area contributed by atoms with Crippen LogP contribution in [0.5, 0.6) is 0 Å². The fourth-order valence-electron chi connectivity index (χ4n) is 2.31. The molecule has 0 aliphatic heterocycles. The summed E-state index contributed by atoms with van der Waals surface area (Å²) in [7, 11) is 0. The van der Waals surface area contributed by atoms with E-state index in [4.69, 9.17) is 9.47 Å². The fourth-order valence-corrected chi connectivity index (χ4v) is 2.31. The van der Waals surface area contributed by atoms with E-state index in [-0.39, 0.29) is 18.9 Å². The van der Waals surface area contributed by atoms with Crippen molar-refractivity contribution in [2.24, 2.45) is 0 Å². The molecule has 0 unspecified atom stereocenters. The van der Waals surface area contributed by atoms with Crippen LogP contribution < -0.4 is 10.6 Å². The third-order valence-electron chi connectivity index (χ3n) is 3.96. The number of benzene rings is 2. The summed E-state index contributed by atoms with van der Waals surface area (Å²) in [6, 6.07) is 13.0. The number of rotatable bonds is 10. The zero-order chi connectivity index (χ0) is 22.6. The van der Waals surface area contributed by atoms with Gasteiger partial charge in [-0.25, -0.2) is 4.79 Å². The first-order valence-corrected chi connectivity index (χ1v) is 9.13. The Bertz CT molecular complexity index is 902. The van der Waals surface area contributed by atoms with Gasteiger partial charge in [-0.15, -0.1) is 0 Å². The normalized spacial score (nSPS) is 11.1. The maximum atomic E-state index is 12.1. The van der Waals surface area contributed by atoms with Crippen molar-refractivity contribution in [2.75, 3.05) is 13.2 Å². The first-order chi connectivity index (χ1) is 14.9. The highest BCUT2D eigenvalue weighted by molar-refractivity contribution is 5.88. The Morgan fingerprint density at radius 1 is 0.968 bits per heavy atom. The Kier molecular flexibility index (Phi) is 8.92. The van der Waals surface area contributed by atoms with Gasteiger partial charge in [0.15, 0.2) is 0 Å². The van der Waals surface area contributed by atoms with E-state index in [0.29, 0.717) is 5.56 Å². The number of nitro benzene ring substituents is 1. The van der Waals surface area contributed by atoms with Crippen LogP contribution in [-0.2, 0) is 32.3 Å². The van der Waals surface area contributed by atoms with Gasteiger partial charge >= 0.3 is 12.1 Å². The fraction of sp³-hybridized carbons (Fsp3) is 0.250. The lowest BCUT2D eigenvalue weighted by Gasteiger charge is -2.16. The summed E-state index contributed by atoms with van der Waals surface area (Å²) >= 11 is 0. The van der Waals surface area contributed by atoms with Gasteiger partial charge in [-0.05, 0) is 23.3 Å². The van der Waals surface area contributed by atoms with Crippen LogP contribution in [0.15, 0.2) is 54.6 Å². The molecule has 2 rings (SSSR count). The molecule has 11 heteroatoms. The topological polar surface area (TPSA) is 157 Å². The summed E-state index contributed by atoms with van der Waals surface area (Å²) < 4.78 is 9.93. The molecule has 0 heterocycles. The van der Waals surface area contributed by atoms with Crippen LogP contribution in [0, 0.1) is 10.1 Å². The van der Waals surface area contributed by atoms with Crippen LogP contribution in [0.3, 0.4) is 0 Å². The van der Waals surface area contributed by atoms with Crippen molar-refractivity contribution in [3.63, 3.8) is 0 Å². The van der Waals surface area contributed by atoms with Crippen LogP contribution in [0.2, 0.25) is 0 Å². The largest absolute Gasteiger partial charge is 0.460 e. The molecule has 1 atom stereocenters. The zero-order valence-corrected chi connectivity index (χ0v) is 16.4. The van der Waals surface area contributed by atoms with Crippen LogP contribution in [0.25, 0.3) is 0 Å². The molecule has 3 N–H and O–H groups in total. The lowest BCUT2D eigenvalue weighted by Crippen LogP contribution is -2.50. The number of amides is 2. The average molecular weight is 431 g/mol. The number of hydrogen-bond donors (Lipinski definition) is 3. The molecule has 0 aliphatic carbocycles. The highest BCUT2D eigenvalue weighted by Gasteiger charge is 2.21. The quantitative estimate of drug-likeness (QED) is 0.286. The average Bonchev–Trinajstić information content (AvgIpc) is 2.79. The van der Waals surface area contributed by atoms with E-state index in [2.05, 4.69) is 10.6 Å². The molecule has 0 saturated carbocycles. The molecule has 0 aromatic heterocycles. The smallest absolute Gasteiger partial charge is 0.408 e. The van der Waals surface area contributed by atoms with E-state index in [0.717, 1.165) is 5.56 Å². The lowest BCUT2D eigenvalue weighted by atomic mass is 10.2. The van der Waals surface area contributed by atoms with Crippen LogP contribution in [0.1, 0.15) is 11.1 Å². The van der Waals surface area contributed by atoms with Gasteiger partial charge in [0.25, 0.3) is 5.69 Å². The molecule has 0 spiro atoms. The number of carbonyl (C=O) groups is 3. The molecule has 0 saturated heterocycles. The predicted molar refractivity (Wildman–Crippen MR) is 107 cm³/mol. The van der Waals surface area contributed by atoms with Crippen molar-refractivity contribution in [1.29, 1.82) is 0 Å². The van der Waals surface area contributed by atoms with E-state index in [1.807, 2.05) is 6.07 Å². The number of non-ortho nitro benzene ring substituents is 1. The summed E-state index contributed by atoms with van der Waals surface area (Å²) in [5.41, 5.74) is 1.19. The molecule has 0 radical (unpaired) electrons. The molecule has 0 aliphatic rings. The first-order valence-electron chi connectivity index (χ1n) is 9.13. The first kappa shape index (κ1) is 23.3. The third-order valence-corrected chi connectivity index (χ3v) is 3.96. The van der Waals surface area contributed by atoms with Crippen molar-refractivity contribution in [1.82, 2.24) is 10.6 Å². The minimum Gasteiger partial charge on any atom is -0.460 e.